The summed E-state index contributed by atoms with van der Waals surface area (Å²) in [4.78, 5) is 12.4. The van der Waals surface area contributed by atoms with Crippen LogP contribution in [0.5, 0.6) is 5.75 Å². The largest absolute Gasteiger partial charge is 0.497 e. The highest BCUT2D eigenvalue weighted by Crippen LogP contribution is 2.29. The molecule has 0 aliphatic carbocycles. The number of carbonyl (C=O) groups is 1. The highest BCUT2D eigenvalue weighted by atomic mass is 35.5. The topological polar surface area (TPSA) is 57.0 Å². The zero-order valence-corrected chi connectivity index (χ0v) is 16.9. The first-order valence-electron chi connectivity index (χ1n) is 8.50. The number of benzene rings is 2. The van der Waals surface area contributed by atoms with Crippen molar-refractivity contribution in [2.45, 2.75) is 25.0 Å². The van der Waals surface area contributed by atoms with Crippen LogP contribution in [0.25, 0.3) is 11.4 Å². The fourth-order valence-corrected chi connectivity index (χ4v) is 3.71. The molecule has 2 aromatic carbocycles. The van der Waals surface area contributed by atoms with Gasteiger partial charge in [-0.2, -0.15) is 0 Å². The van der Waals surface area contributed by atoms with Crippen LogP contribution in [0, 0.1) is 0 Å². The van der Waals surface area contributed by atoms with Gasteiger partial charge in [0.2, 0.25) is 0 Å². The summed E-state index contributed by atoms with van der Waals surface area (Å²) >= 11 is 7.27. The molecule has 0 amide bonds. The van der Waals surface area contributed by atoms with Crippen LogP contribution in [0.2, 0.25) is 5.02 Å². The van der Waals surface area contributed by atoms with E-state index in [2.05, 4.69) is 24.0 Å². The molecule has 1 aromatic heterocycles. The van der Waals surface area contributed by atoms with Gasteiger partial charge in [-0.05, 0) is 62.4 Å². The summed E-state index contributed by atoms with van der Waals surface area (Å²) in [5, 5.41) is 9.99. The number of hydrogen-bond donors (Lipinski definition) is 0. The fraction of sp³-hybridized carbons (Fsp3) is 0.250. The Morgan fingerprint density at radius 1 is 1.11 bits per heavy atom. The minimum Gasteiger partial charge on any atom is -0.497 e. The number of halogens is 1. The van der Waals surface area contributed by atoms with E-state index in [4.69, 9.17) is 16.3 Å². The zero-order chi connectivity index (χ0) is 19.4. The second-order valence-corrected chi connectivity index (χ2v) is 7.60. The SMILES string of the molecule is COc1ccc(-c2nnc(SCC(=O)c3ccc(Cl)cc3)n2C(C)C)cc1. The van der Waals surface area contributed by atoms with E-state index in [1.165, 1.54) is 11.8 Å². The number of aromatic nitrogens is 3. The van der Waals surface area contributed by atoms with Gasteiger partial charge in [0, 0.05) is 22.2 Å². The van der Waals surface area contributed by atoms with Crippen LogP contribution in [0.1, 0.15) is 30.2 Å². The van der Waals surface area contributed by atoms with Gasteiger partial charge in [0.15, 0.2) is 16.8 Å². The standard InChI is InChI=1S/C20H20ClN3O2S/c1-13(2)24-19(15-6-10-17(26-3)11-7-15)22-23-20(24)27-12-18(25)14-4-8-16(21)9-5-14/h4-11,13H,12H2,1-3H3. The molecule has 1 heterocycles. The lowest BCUT2D eigenvalue weighted by Gasteiger charge is -2.14. The molecule has 0 saturated heterocycles. The van der Waals surface area contributed by atoms with Gasteiger partial charge in [0.25, 0.3) is 0 Å². The van der Waals surface area contributed by atoms with E-state index in [1.807, 2.05) is 28.8 Å². The third-order valence-electron chi connectivity index (χ3n) is 4.03. The molecule has 0 aliphatic heterocycles. The Labute approximate surface area is 167 Å². The van der Waals surface area contributed by atoms with Crippen LogP contribution in [0.4, 0.5) is 0 Å². The van der Waals surface area contributed by atoms with Crippen molar-refractivity contribution >= 4 is 29.1 Å². The molecule has 7 heteroatoms. The van der Waals surface area contributed by atoms with Crippen LogP contribution in [0.3, 0.4) is 0 Å². The summed E-state index contributed by atoms with van der Waals surface area (Å²) in [6.45, 7) is 4.14. The third-order valence-corrected chi connectivity index (χ3v) is 5.22. The first-order valence-corrected chi connectivity index (χ1v) is 9.87. The molecule has 0 N–H and O–H groups in total. The van der Waals surface area contributed by atoms with Crippen LogP contribution in [0.15, 0.2) is 53.7 Å². The quantitative estimate of drug-likeness (QED) is 0.404. The van der Waals surface area contributed by atoms with E-state index < -0.39 is 0 Å². The molecule has 3 aromatic rings. The Bertz CT molecular complexity index is 921. The van der Waals surface area contributed by atoms with E-state index >= 15 is 0 Å². The molecule has 0 unspecified atom stereocenters. The number of ether oxygens (including phenoxy) is 1. The molecule has 3 rings (SSSR count). The Hall–Kier alpha value is -2.31. The molecule has 0 atom stereocenters. The van der Waals surface area contributed by atoms with Gasteiger partial charge in [0.1, 0.15) is 5.75 Å². The minimum absolute atomic E-state index is 0.0287. The molecule has 0 radical (unpaired) electrons. The smallest absolute Gasteiger partial charge is 0.192 e. The lowest BCUT2D eigenvalue weighted by atomic mass is 10.1. The van der Waals surface area contributed by atoms with Crippen LogP contribution >= 0.6 is 23.4 Å². The zero-order valence-electron chi connectivity index (χ0n) is 15.3. The van der Waals surface area contributed by atoms with Crippen molar-refractivity contribution in [3.63, 3.8) is 0 Å². The average molecular weight is 402 g/mol. The lowest BCUT2D eigenvalue weighted by Crippen LogP contribution is -2.07. The van der Waals surface area contributed by atoms with Crippen LogP contribution in [-0.4, -0.2) is 33.4 Å². The summed E-state index contributed by atoms with van der Waals surface area (Å²) in [5.74, 6) is 1.88. The van der Waals surface area contributed by atoms with Gasteiger partial charge in [-0.15, -0.1) is 10.2 Å². The number of hydrogen-bond acceptors (Lipinski definition) is 5. The maximum absolute atomic E-state index is 12.4. The molecule has 5 nitrogen and oxygen atoms in total. The van der Waals surface area contributed by atoms with E-state index in [9.17, 15) is 4.79 Å². The Kier molecular flexibility index (Phi) is 6.19. The Balaban J connectivity index is 1.80. The molecule has 0 saturated carbocycles. The monoisotopic (exact) mass is 401 g/mol. The summed E-state index contributed by atoms with van der Waals surface area (Å²) in [6, 6.07) is 14.8. The summed E-state index contributed by atoms with van der Waals surface area (Å²) in [5.41, 5.74) is 1.59. The third kappa shape index (κ3) is 4.51. The minimum atomic E-state index is 0.0287. The second-order valence-electron chi connectivity index (χ2n) is 6.22. The highest BCUT2D eigenvalue weighted by Gasteiger charge is 2.18. The van der Waals surface area contributed by atoms with Crippen molar-refractivity contribution in [3.8, 4) is 17.1 Å². The van der Waals surface area contributed by atoms with Crippen LogP contribution in [-0.2, 0) is 0 Å². The van der Waals surface area contributed by atoms with Gasteiger partial charge < -0.3 is 4.74 Å². The Morgan fingerprint density at radius 2 is 1.78 bits per heavy atom. The fourth-order valence-electron chi connectivity index (χ4n) is 2.63. The second kappa shape index (κ2) is 8.59. The molecule has 0 spiro atoms. The van der Waals surface area contributed by atoms with Gasteiger partial charge in [-0.3, -0.25) is 9.36 Å². The normalized spacial score (nSPS) is 11.0. The number of carbonyl (C=O) groups excluding carboxylic acids is 1. The number of rotatable bonds is 7. The summed E-state index contributed by atoms with van der Waals surface area (Å²) in [6.07, 6.45) is 0. The van der Waals surface area contributed by atoms with Crippen molar-refractivity contribution < 1.29 is 9.53 Å². The number of Topliss-reactive ketones (excluding diaryl/α,β-unsaturated/α-hetero) is 1. The number of ketones is 1. The number of methoxy groups -OCH3 is 1. The van der Waals surface area contributed by atoms with Crippen molar-refractivity contribution in [3.05, 3.63) is 59.1 Å². The van der Waals surface area contributed by atoms with Gasteiger partial charge in [0.05, 0.1) is 12.9 Å². The molecule has 0 aliphatic rings. The maximum Gasteiger partial charge on any atom is 0.192 e. The first kappa shape index (κ1) is 19.5. The van der Waals surface area contributed by atoms with E-state index in [0.717, 1.165) is 22.3 Å². The lowest BCUT2D eigenvalue weighted by molar-refractivity contribution is 0.102. The van der Waals surface area contributed by atoms with Crippen molar-refractivity contribution in [1.29, 1.82) is 0 Å². The summed E-state index contributed by atoms with van der Waals surface area (Å²) in [7, 11) is 1.64. The van der Waals surface area contributed by atoms with E-state index in [-0.39, 0.29) is 17.6 Å². The predicted molar refractivity (Wildman–Crippen MR) is 109 cm³/mol. The van der Waals surface area contributed by atoms with Crippen molar-refractivity contribution in [2.24, 2.45) is 0 Å². The predicted octanol–water partition coefficient (Wildman–Crippen LogP) is 5.16. The molecular weight excluding hydrogens is 382 g/mol. The van der Waals surface area contributed by atoms with Crippen molar-refractivity contribution in [1.82, 2.24) is 14.8 Å². The van der Waals surface area contributed by atoms with Gasteiger partial charge in [-0.1, -0.05) is 23.4 Å². The summed E-state index contributed by atoms with van der Waals surface area (Å²) < 4.78 is 7.25. The average Bonchev–Trinajstić information content (AvgIpc) is 3.11. The molecular formula is C20H20ClN3O2S. The molecule has 0 fully saturated rings. The molecule has 140 valence electrons. The van der Waals surface area contributed by atoms with E-state index in [1.54, 1.807) is 31.4 Å². The van der Waals surface area contributed by atoms with E-state index in [0.29, 0.717) is 10.6 Å². The maximum atomic E-state index is 12.4. The van der Waals surface area contributed by atoms with Gasteiger partial charge in [-0.25, -0.2) is 0 Å². The van der Waals surface area contributed by atoms with Crippen molar-refractivity contribution in [2.75, 3.05) is 12.9 Å². The van der Waals surface area contributed by atoms with Gasteiger partial charge >= 0.3 is 0 Å². The Morgan fingerprint density at radius 3 is 2.37 bits per heavy atom. The number of thioether (sulfide) groups is 1. The molecule has 27 heavy (non-hydrogen) atoms. The van der Waals surface area contributed by atoms with Crippen LogP contribution < -0.4 is 4.74 Å². The molecule has 0 bridgehead atoms. The highest BCUT2D eigenvalue weighted by molar-refractivity contribution is 7.99. The number of nitrogens with zero attached hydrogens (tertiary/aromatic N) is 3. The first-order chi connectivity index (χ1) is 13.0.